The fraction of sp³-hybridized carbons (Fsp3) is 0.562. The van der Waals surface area contributed by atoms with Crippen molar-refractivity contribution in [2.24, 2.45) is 7.05 Å². The number of nitrogens with zero attached hydrogens (tertiary/aromatic N) is 5. The molecule has 0 spiro atoms. The molecule has 3 heterocycles. The summed E-state index contributed by atoms with van der Waals surface area (Å²) in [5.74, 6) is 0.653. The smallest absolute Gasteiger partial charge is 0.332 e. The lowest BCUT2D eigenvalue weighted by atomic mass is 10.3. The van der Waals surface area contributed by atoms with E-state index in [4.69, 9.17) is 4.74 Å². The fourth-order valence-electron chi connectivity index (χ4n) is 3.03. The standard InChI is InChI=1S/C16H23N5O3/c1-5-6-7-20-14(22)12-13(18(3)16(20)23)17-15-19(8-9-24-4)11(2)10-21(12)15/h10H,5-9H2,1-4H3. The van der Waals surface area contributed by atoms with E-state index in [1.807, 2.05) is 24.6 Å². The minimum Gasteiger partial charge on any atom is -0.383 e. The van der Waals surface area contributed by atoms with Gasteiger partial charge in [0.2, 0.25) is 5.78 Å². The van der Waals surface area contributed by atoms with Gasteiger partial charge < -0.3 is 9.30 Å². The van der Waals surface area contributed by atoms with Crippen LogP contribution in [0.4, 0.5) is 0 Å². The largest absolute Gasteiger partial charge is 0.383 e. The molecule has 0 aliphatic carbocycles. The van der Waals surface area contributed by atoms with Crippen LogP contribution in [0.5, 0.6) is 0 Å². The molecule has 0 saturated carbocycles. The van der Waals surface area contributed by atoms with Crippen molar-refractivity contribution >= 4 is 16.9 Å². The zero-order chi connectivity index (χ0) is 17.4. The minimum atomic E-state index is -0.318. The Kier molecular flexibility index (Phi) is 4.31. The predicted molar refractivity (Wildman–Crippen MR) is 91.7 cm³/mol. The first-order chi connectivity index (χ1) is 11.5. The maximum Gasteiger partial charge on any atom is 0.332 e. The van der Waals surface area contributed by atoms with Crippen LogP contribution in [0.25, 0.3) is 16.9 Å². The number of fused-ring (bicyclic) bond motifs is 3. The number of unbranched alkanes of at least 4 members (excludes halogenated alkanes) is 1. The van der Waals surface area contributed by atoms with E-state index in [0.717, 1.165) is 18.5 Å². The first kappa shape index (κ1) is 16.5. The number of ether oxygens (including phenoxy) is 1. The third-order valence-corrected chi connectivity index (χ3v) is 4.39. The molecule has 0 radical (unpaired) electrons. The van der Waals surface area contributed by atoms with Crippen LogP contribution in [0.15, 0.2) is 15.8 Å². The van der Waals surface area contributed by atoms with Crippen molar-refractivity contribution in [3.63, 3.8) is 0 Å². The monoisotopic (exact) mass is 333 g/mol. The lowest BCUT2D eigenvalue weighted by Gasteiger charge is -2.07. The normalized spacial score (nSPS) is 11.8. The average molecular weight is 333 g/mol. The molecule has 24 heavy (non-hydrogen) atoms. The second-order valence-corrected chi connectivity index (χ2v) is 6.02. The molecule has 3 aromatic rings. The van der Waals surface area contributed by atoms with Gasteiger partial charge in [-0.05, 0) is 13.3 Å². The van der Waals surface area contributed by atoms with Gasteiger partial charge in [0.05, 0.1) is 6.61 Å². The van der Waals surface area contributed by atoms with Gasteiger partial charge >= 0.3 is 5.69 Å². The highest BCUT2D eigenvalue weighted by atomic mass is 16.5. The number of methoxy groups -OCH3 is 1. The number of hydrogen-bond donors (Lipinski definition) is 0. The van der Waals surface area contributed by atoms with Gasteiger partial charge in [-0.15, -0.1) is 0 Å². The van der Waals surface area contributed by atoms with Crippen LogP contribution in [0.2, 0.25) is 0 Å². The summed E-state index contributed by atoms with van der Waals surface area (Å²) in [6, 6.07) is 0. The van der Waals surface area contributed by atoms with Gasteiger partial charge in [-0.2, -0.15) is 4.98 Å². The molecular formula is C16H23N5O3. The van der Waals surface area contributed by atoms with Gasteiger partial charge in [0.15, 0.2) is 11.2 Å². The van der Waals surface area contributed by atoms with E-state index in [2.05, 4.69) is 4.98 Å². The quantitative estimate of drug-likeness (QED) is 0.672. The van der Waals surface area contributed by atoms with E-state index < -0.39 is 0 Å². The van der Waals surface area contributed by atoms with Crippen molar-refractivity contribution in [1.82, 2.24) is 23.1 Å². The summed E-state index contributed by atoms with van der Waals surface area (Å²) >= 11 is 0. The molecule has 0 saturated heterocycles. The van der Waals surface area contributed by atoms with Crippen LogP contribution in [0.3, 0.4) is 0 Å². The maximum absolute atomic E-state index is 12.9. The van der Waals surface area contributed by atoms with Gasteiger partial charge in [0.1, 0.15) is 0 Å². The van der Waals surface area contributed by atoms with E-state index in [-0.39, 0.29) is 11.2 Å². The summed E-state index contributed by atoms with van der Waals surface area (Å²) in [5.41, 5.74) is 1.26. The highest BCUT2D eigenvalue weighted by Crippen LogP contribution is 2.16. The SMILES string of the molecule is CCCCn1c(=O)c2c(nc3n(CCOC)c(C)cn23)n(C)c1=O. The molecule has 8 heteroatoms. The van der Waals surface area contributed by atoms with Gasteiger partial charge in [-0.3, -0.25) is 18.3 Å². The van der Waals surface area contributed by atoms with Gasteiger partial charge in [0.25, 0.3) is 5.56 Å². The van der Waals surface area contributed by atoms with E-state index in [1.54, 1.807) is 18.6 Å². The Hall–Kier alpha value is -2.35. The third-order valence-electron chi connectivity index (χ3n) is 4.39. The van der Waals surface area contributed by atoms with Gasteiger partial charge in [-0.25, -0.2) is 4.79 Å². The summed E-state index contributed by atoms with van der Waals surface area (Å²) in [6.07, 6.45) is 3.59. The van der Waals surface area contributed by atoms with Crippen molar-refractivity contribution in [1.29, 1.82) is 0 Å². The van der Waals surface area contributed by atoms with Crippen molar-refractivity contribution < 1.29 is 4.74 Å². The number of hydrogen-bond acceptors (Lipinski definition) is 4. The van der Waals surface area contributed by atoms with E-state index in [9.17, 15) is 9.59 Å². The lowest BCUT2D eigenvalue weighted by molar-refractivity contribution is 0.187. The molecule has 3 rings (SSSR count). The molecule has 8 nitrogen and oxygen atoms in total. The van der Waals surface area contributed by atoms with Crippen LogP contribution in [0.1, 0.15) is 25.5 Å². The summed E-state index contributed by atoms with van der Waals surface area (Å²) < 4.78 is 11.7. The molecule has 0 fully saturated rings. The zero-order valence-corrected chi connectivity index (χ0v) is 14.6. The molecular weight excluding hydrogens is 310 g/mol. The van der Waals surface area contributed by atoms with Crippen molar-refractivity contribution in [2.75, 3.05) is 13.7 Å². The molecule has 0 aliphatic rings. The van der Waals surface area contributed by atoms with Crippen LogP contribution in [-0.4, -0.2) is 36.8 Å². The maximum atomic E-state index is 12.9. The Bertz CT molecular complexity index is 1000. The minimum absolute atomic E-state index is 0.280. The molecule has 0 unspecified atom stereocenters. The molecule has 130 valence electrons. The fourth-order valence-corrected chi connectivity index (χ4v) is 3.03. The van der Waals surface area contributed by atoms with Crippen molar-refractivity contribution in [3.8, 4) is 0 Å². The Balaban J connectivity index is 2.33. The van der Waals surface area contributed by atoms with Gasteiger partial charge in [0, 0.05) is 39.1 Å². The molecule has 0 bridgehead atoms. The van der Waals surface area contributed by atoms with Crippen LogP contribution in [-0.2, 0) is 24.9 Å². The Labute approximate surface area is 138 Å². The zero-order valence-electron chi connectivity index (χ0n) is 14.6. The van der Waals surface area contributed by atoms with Crippen LogP contribution in [0, 0.1) is 6.92 Å². The summed E-state index contributed by atoms with van der Waals surface area (Å²) in [6.45, 7) is 5.61. The highest BCUT2D eigenvalue weighted by Gasteiger charge is 2.19. The second kappa shape index (κ2) is 6.27. The average Bonchev–Trinajstić information content (AvgIpc) is 3.06. The lowest BCUT2D eigenvalue weighted by Crippen LogP contribution is -2.39. The molecule has 3 aromatic heterocycles. The summed E-state index contributed by atoms with van der Waals surface area (Å²) in [5, 5.41) is 0. The Morgan fingerprint density at radius 3 is 2.62 bits per heavy atom. The Morgan fingerprint density at radius 2 is 1.96 bits per heavy atom. The van der Waals surface area contributed by atoms with E-state index >= 15 is 0 Å². The molecule has 0 aliphatic heterocycles. The van der Waals surface area contributed by atoms with Gasteiger partial charge in [-0.1, -0.05) is 13.3 Å². The first-order valence-corrected chi connectivity index (χ1v) is 8.17. The number of rotatable bonds is 6. The Morgan fingerprint density at radius 1 is 1.21 bits per heavy atom. The number of aromatic nitrogens is 5. The van der Waals surface area contributed by atoms with E-state index in [1.165, 1.54) is 9.13 Å². The molecule has 0 N–H and O–H groups in total. The second-order valence-electron chi connectivity index (χ2n) is 6.02. The van der Waals surface area contributed by atoms with E-state index in [0.29, 0.717) is 36.6 Å². The molecule has 0 atom stereocenters. The number of aryl methyl sites for hydroxylation is 2. The summed E-state index contributed by atoms with van der Waals surface area (Å²) in [4.78, 5) is 29.9. The molecule has 0 aromatic carbocycles. The van der Waals surface area contributed by atoms with Crippen molar-refractivity contribution in [3.05, 3.63) is 32.7 Å². The van der Waals surface area contributed by atoms with Crippen LogP contribution >= 0.6 is 0 Å². The summed E-state index contributed by atoms with van der Waals surface area (Å²) in [7, 11) is 3.31. The predicted octanol–water partition coefficient (Wildman–Crippen LogP) is 0.904. The third kappa shape index (κ3) is 2.37. The van der Waals surface area contributed by atoms with Crippen LogP contribution < -0.4 is 11.2 Å². The van der Waals surface area contributed by atoms with Crippen molar-refractivity contribution in [2.45, 2.75) is 39.8 Å². The first-order valence-electron chi connectivity index (χ1n) is 8.17. The highest BCUT2D eigenvalue weighted by molar-refractivity contribution is 5.75. The topological polar surface area (TPSA) is 75.5 Å². The number of imidazole rings is 2. The molecule has 0 amide bonds.